The molecule has 1 aromatic carbocycles. The molecule has 0 aliphatic carbocycles. The number of cyclic esters (lactones) is 2. The molecular formula is C16H19Cl2NO5. The summed E-state index contributed by atoms with van der Waals surface area (Å²) in [5.41, 5.74) is 4.80. The molecule has 1 saturated heterocycles. The van der Waals surface area contributed by atoms with Crippen LogP contribution in [0.1, 0.15) is 32.8 Å². The highest BCUT2D eigenvalue weighted by Crippen LogP contribution is 2.50. The molecule has 2 rings (SSSR count). The van der Waals surface area contributed by atoms with E-state index in [0.717, 1.165) is 0 Å². The van der Waals surface area contributed by atoms with E-state index in [4.69, 9.17) is 38.4 Å². The van der Waals surface area contributed by atoms with Gasteiger partial charge in [0.15, 0.2) is 0 Å². The fourth-order valence-corrected chi connectivity index (χ4v) is 3.25. The number of carbonyl (C=O) groups excluding carboxylic acids is 2. The summed E-state index contributed by atoms with van der Waals surface area (Å²) >= 11 is 12.1. The molecule has 0 amide bonds. The number of carbonyl (C=O) groups is 2. The van der Waals surface area contributed by atoms with Gasteiger partial charge in [-0.2, -0.15) is 0 Å². The quantitative estimate of drug-likeness (QED) is 0.605. The molecule has 0 radical (unpaired) electrons. The fourth-order valence-electron chi connectivity index (χ4n) is 2.73. The number of aliphatic hydroxyl groups is 1. The third-order valence-corrected chi connectivity index (χ3v) is 4.59. The lowest BCUT2D eigenvalue weighted by Crippen LogP contribution is -2.51. The third kappa shape index (κ3) is 3.24. The number of hydrogen-bond acceptors (Lipinski definition) is 6. The van der Waals surface area contributed by atoms with Crippen molar-refractivity contribution in [3.8, 4) is 0 Å². The van der Waals surface area contributed by atoms with Crippen molar-refractivity contribution >= 4 is 35.1 Å². The summed E-state index contributed by atoms with van der Waals surface area (Å²) in [4.78, 5) is 23.5. The predicted molar refractivity (Wildman–Crippen MR) is 88.4 cm³/mol. The molecule has 0 aromatic heterocycles. The van der Waals surface area contributed by atoms with Crippen LogP contribution in [0.15, 0.2) is 18.2 Å². The van der Waals surface area contributed by atoms with Crippen LogP contribution in [0.4, 0.5) is 0 Å². The molecule has 1 aliphatic heterocycles. The number of aliphatic hydroxyl groups excluding tert-OH is 1. The molecule has 132 valence electrons. The molecule has 24 heavy (non-hydrogen) atoms. The number of benzene rings is 1. The van der Waals surface area contributed by atoms with Gasteiger partial charge in [-0.05, 0) is 45.4 Å². The van der Waals surface area contributed by atoms with Crippen molar-refractivity contribution in [1.82, 2.24) is 0 Å². The maximum atomic E-state index is 11.8. The molecule has 0 bridgehead atoms. The van der Waals surface area contributed by atoms with Crippen LogP contribution in [0.2, 0.25) is 10.0 Å². The second-order valence-corrected chi connectivity index (χ2v) is 7.38. The summed E-state index contributed by atoms with van der Waals surface area (Å²) < 4.78 is 10.6. The van der Waals surface area contributed by atoms with Gasteiger partial charge in [-0.15, -0.1) is 0 Å². The molecular weight excluding hydrogens is 357 g/mol. The second-order valence-electron chi connectivity index (χ2n) is 6.50. The Kier molecular flexibility index (Phi) is 5.16. The minimum Gasteiger partial charge on any atom is -0.409 e. The number of halogens is 2. The van der Waals surface area contributed by atoms with Gasteiger partial charge in [0, 0.05) is 21.7 Å². The zero-order valence-electron chi connectivity index (χ0n) is 13.5. The van der Waals surface area contributed by atoms with Crippen molar-refractivity contribution in [2.75, 3.05) is 0 Å². The van der Waals surface area contributed by atoms with E-state index in [1.54, 1.807) is 20.8 Å². The summed E-state index contributed by atoms with van der Waals surface area (Å²) in [5.74, 6) is -4.15. The maximum Gasteiger partial charge on any atom is 0.421 e. The Balaban J connectivity index is 2.60. The van der Waals surface area contributed by atoms with Gasteiger partial charge in [0.25, 0.3) is 5.79 Å². The first-order valence-corrected chi connectivity index (χ1v) is 8.11. The Hall–Kier alpha value is -1.34. The molecule has 1 aromatic rings. The monoisotopic (exact) mass is 375 g/mol. The lowest BCUT2D eigenvalue weighted by molar-refractivity contribution is -0.256. The number of hydrogen-bond donors (Lipinski definition) is 2. The van der Waals surface area contributed by atoms with E-state index in [1.807, 2.05) is 0 Å². The molecule has 3 N–H and O–H groups in total. The molecule has 2 atom stereocenters. The van der Waals surface area contributed by atoms with Crippen molar-refractivity contribution in [3.05, 3.63) is 33.8 Å². The zero-order valence-corrected chi connectivity index (χ0v) is 15.0. The first-order chi connectivity index (χ1) is 11.0. The van der Waals surface area contributed by atoms with Gasteiger partial charge in [-0.1, -0.05) is 23.2 Å². The SMILES string of the molecule is CC(N)CC(O)C(C)(C)C1(c2cc(Cl)cc(Cl)c2)OC(=O)C(=O)O1. The van der Waals surface area contributed by atoms with Crippen LogP contribution in [-0.4, -0.2) is 29.2 Å². The first kappa shape index (κ1) is 19.0. The van der Waals surface area contributed by atoms with Crippen LogP contribution in [0.5, 0.6) is 0 Å². The van der Waals surface area contributed by atoms with Crippen molar-refractivity contribution in [1.29, 1.82) is 0 Å². The van der Waals surface area contributed by atoms with Crippen LogP contribution in [0.25, 0.3) is 0 Å². The topological polar surface area (TPSA) is 98.9 Å². The Labute approximate surface area is 149 Å². The summed E-state index contributed by atoms with van der Waals surface area (Å²) in [5, 5.41) is 11.2. The lowest BCUT2D eigenvalue weighted by Gasteiger charge is -2.43. The summed E-state index contributed by atoms with van der Waals surface area (Å²) in [6, 6.07) is 4.12. The van der Waals surface area contributed by atoms with Gasteiger partial charge in [0.05, 0.1) is 11.5 Å². The Morgan fingerprint density at radius 1 is 1.17 bits per heavy atom. The van der Waals surface area contributed by atoms with Crippen molar-refractivity contribution in [2.45, 2.75) is 45.1 Å². The van der Waals surface area contributed by atoms with Crippen molar-refractivity contribution in [2.24, 2.45) is 11.1 Å². The smallest absolute Gasteiger partial charge is 0.409 e. The number of nitrogens with two attached hydrogens (primary N) is 1. The first-order valence-electron chi connectivity index (χ1n) is 7.36. The molecule has 8 heteroatoms. The van der Waals surface area contributed by atoms with E-state index in [1.165, 1.54) is 18.2 Å². The Morgan fingerprint density at radius 3 is 2.04 bits per heavy atom. The average molecular weight is 376 g/mol. The number of ether oxygens (including phenoxy) is 2. The van der Waals surface area contributed by atoms with Gasteiger partial charge in [-0.3, -0.25) is 0 Å². The zero-order chi connectivity index (χ0) is 18.3. The molecule has 2 unspecified atom stereocenters. The summed E-state index contributed by atoms with van der Waals surface area (Å²) in [7, 11) is 0. The fraction of sp³-hybridized carbons (Fsp3) is 0.500. The van der Waals surface area contributed by atoms with Crippen molar-refractivity contribution < 1.29 is 24.2 Å². The number of esters is 2. The molecule has 0 saturated carbocycles. The van der Waals surface area contributed by atoms with E-state index in [-0.39, 0.29) is 28.1 Å². The van der Waals surface area contributed by atoms with E-state index in [2.05, 4.69) is 0 Å². The van der Waals surface area contributed by atoms with Crippen LogP contribution < -0.4 is 5.73 Å². The normalized spacial score (nSPS) is 19.6. The lowest BCUT2D eigenvalue weighted by atomic mass is 9.73. The minimum atomic E-state index is -1.86. The van der Waals surface area contributed by atoms with Gasteiger partial charge >= 0.3 is 11.9 Å². The second kappa shape index (κ2) is 6.52. The Bertz CT molecular complexity index is 638. The van der Waals surface area contributed by atoms with Crippen LogP contribution in [-0.2, 0) is 24.8 Å². The molecule has 1 heterocycles. The largest absolute Gasteiger partial charge is 0.421 e. The highest BCUT2D eigenvalue weighted by atomic mass is 35.5. The van der Waals surface area contributed by atoms with Gasteiger partial charge in [0.2, 0.25) is 0 Å². The van der Waals surface area contributed by atoms with E-state index < -0.39 is 29.2 Å². The van der Waals surface area contributed by atoms with Gasteiger partial charge < -0.3 is 20.3 Å². The van der Waals surface area contributed by atoms with Crippen molar-refractivity contribution in [3.63, 3.8) is 0 Å². The highest BCUT2D eigenvalue weighted by Gasteiger charge is 2.62. The minimum absolute atomic E-state index is 0.206. The summed E-state index contributed by atoms with van der Waals surface area (Å²) in [6.45, 7) is 4.95. The molecule has 1 aliphatic rings. The van der Waals surface area contributed by atoms with Crippen LogP contribution in [0, 0.1) is 5.41 Å². The van der Waals surface area contributed by atoms with E-state index in [0.29, 0.717) is 0 Å². The van der Waals surface area contributed by atoms with Crippen LogP contribution >= 0.6 is 23.2 Å². The average Bonchev–Trinajstić information content (AvgIpc) is 2.74. The maximum absolute atomic E-state index is 11.8. The molecule has 6 nitrogen and oxygen atoms in total. The molecule has 1 fully saturated rings. The summed E-state index contributed by atoms with van der Waals surface area (Å²) in [6.07, 6.45) is -0.827. The standard InChI is InChI=1S/C16H19Cl2NO5/c1-8(19)4-12(20)15(2,3)16(23-13(21)14(22)24-16)9-5-10(17)7-11(18)6-9/h5-8,12,20H,4,19H2,1-3H3. The van der Waals surface area contributed by atoms with E-state index >= 15 is 0 Å². The van der Waals surface area contributed by atoms with Crippen LogP contribution in [0.3, 0.4) is 0 Å². The highest BCUT2D eigenvalue weighted by molar-refractivity contribution is 6.35. The Morgan fingerprint density at radius 2 is 1.62 bits per heavy atom. The van der Waals surface area contributed by atoms with Gasteiger partial charge in [0.1, 0.15) is 0 Å². The predicted octanol–water partition coefficient (Wildman–Crippen LogP) is 2.37. The molecule has 0 spiro atoms. The van der Waals surface area contributed by atoms with E-state index in [9.17, 15) is 14.7 Å². The number of rotatable bonds is 5. The van der Waals surface area contributed by atoms with Gasteiger partial charge in [-0.25, -0.2) is 9.59 Å². The third-order valence-electron chi connectivity index (χ3n) is 4.16.